The normalized spacial score (nSPS) is 10.7. The van der Waals surface area contributed by atoms with E-state index in [9.17, 15) is 4.79 Å². The van der Waals surface area contributed by atoms with E-state index in [1.807, 2.05) is 31.2 Å². The van der Waals surface area contributed by atoms with Crippen LogP contribution >= 0.6 is 0 Å². The molecule has 2 nitrogen and oxygen atoms in total. The molecule has 1 aromatic heterocycles. The highest BCUT2D eigenvalue weighted by Gasteiger charge is 2.10. The van der Waals surface area contributed by atoms with Gasteiger partial charge in [-0.1, -0.05) is 32.0 Å². The van der Waals surface area contributed by atoms with E-state index >= 15 is 0 Å². The molecule has 1 aromatic carbocycles. The van der Waals surface area contributed by atoms with Gasteiger partial charge in [0.25, 0.3) is 0 Å². The van der Waals surface area contributed by atoms with Crippen LogP contribution in [0.5, 0.6) is 0 Å². The number of carbonyl (C=O) groups excluding carboxylic acids is 1. The molecule has 0 aliphatic rings. The first-order chi connectivity index (χ1) is 9.06. The number of benzene rings is 1. The van der Waals surface area contributed by atoms with Crippen molar-refractivity contribution in [2.45, 2.75) is 27.2 Å². The van der Waals surface area contributed by atoms with Crippen molar-refractivity contribution in [3.05, 3.63) is 65.0 Å². The summed E-state index contributed by atoms with van der Waals surface area (Å²) in [5, 5.41) is 0. The van der Waals surface area contributed by atoms with Crippen LogP contribution in [-0.4, -0.2) is 10.8 Å². The molecule has 0 radical (unpaired) electrons. The van der Waals surface area contributed by atoms with Crippen LogP contribution in [0.2, 0.25) is 0 Å². The van der Waals surface area contributed by atoms with Crippen molar-refractivity contribution in [3.8, 4) is 0 Å². The van der Waals surface area contributed by atoms with Crippen molar-refractivity contribution >= 4 is 5.78 Å². The molecule has 0 spiro atoms. The number of ketones is 1. The van der Waals surface area contributed by atoms with Gasteiger partial charge in [0.1, 0.15) is 0 Å². The highest BCUT2D eigenvalue weighted by Crippen LogP contribution is 2.14. The van der Waals surface area contributed by atoms with Gasteiger partial charge in [0, 0.05) is 23.5 Å². The van der Waals surface area contributed by atoms with Crippen LogP contribution in [0.3, 0.4) is 0 Å². The van der Waals surface area contributed by atoms with E-state index in [2.05, 4.69) is 24.9 Å². The Morgan fingerprint density at radius 3 is 2.63 bits per heavy atom. The van der Waals surface area contributed by atoms with Crippen LogP contribution in [-0.2, 0) is 6.42 Å². The van der Waals surface area contributed by atoms with Crippen LogP contribution in [0.1, 0.15) is 40.9 Å². The minimum absolute atomic E-state index is 0.0433. The molecule has 0 saturated carbocycles. The number of carbonyl (C=O) groups is 1. The Kier molecular flexibility index (Phi) is 4.10. The summed E-state index contributed by atoms with van der Waals surface area (Å²) in [6, 6.07) is 9.77. The lowest BCUT2D eigenvalue weighted by molar-refractivity contribution is 0.103. The zero-order valence-corrected chi connectivity index (χ0v) is 11.7. The van der Waals surface area contributed by atoms with Crippen LogP contribution < -0.4 is 0 Å². The number of nitrogens with zero attached hydrogens (tertiary/aromatic N) is 1. The number of hydrogen-bond donors (Lipinski definition) is 0. The fourth-order valence-corrected chi connectivity index (χ4v) is 2.16. The van der Waals surface area contributed by atoms with E-state index in [1.54, 1.807) is 12.4 Å². The number of hydrogen-bond acceptors (Lipinski definition) is 2. The topological polar surface area (TPSA) is 30.0 Å². The van der Waals surface area contributed by atoms with Gasteiger partial charge in [0.15, 0.2) is 5.78 Å². The zero-order valence-electron chi connectivity index (χ0n) is 11.7. The summed E-state index contributed by atoms with van der Waals surface area (Å²) in [6.45, 7) is 6.30. The first-order valence-electron chi connectivity index (χ1n) is 6.61. The SMILES string of the molecule is Cc1cncc(C(=O)c2cccc(CC(C)C)c2)c1. The first-order valence-corrected chi connectivity index (χ1v) is 6.61. The molecule has 0 aliphatic heterocycles. The minimum atomic E-state index is 0.0433. The van der Waals surface area contributed by atoms with Gasteiger partial charge < -0.3 is 0 Å². The zero-order chi connectivity index (χ0) is 13.8. The van der Waals surface area contributed by atoms with E-state index in [4.69, 9.17) is 0 Å². The van der Waals surface area contributed by atoms with Gasteiger partial charge in [-0.2, -0.15) is 0 Å². The van der Waals surface area contributed by atoms with E-state index in [-0.39, 0.29) is 5.78 Å². The Hall–Kier alpha value is -1.96. The second-order valence-corrected chi connectivity index (χ2v) is 5.38. The molecule has 0 aliphatic carbocycles. The molecule has 2 rings (SSSR count). The molecule has 0 atom stereocenters. The lowest BCUT2D eigenvalue weighted by atomic mass is 9.97. The third-order valence-corrected chi connectivity index (χ3v) is 2.97. The quantitative estimate of drug-likeness (QED) is 0.775. The average Bonchev–Trinajstić information content (AvgIpc) is 2.37. The summed E-state index contributed by atoms with van der Waals surface area (Å²) in [4.78, 5) is 16.5. The van der Waals surface area contributed by atoms with Gasteiger partial charge in [-0.25, -0.2) is 0 Å². The van der Waals surface area contributed by atoms with Gasteiger partial charge in [-0.15, -0.1) is 0 Å². The van der Waals surface area contributed by atoms with Crippen molar-refractivity contribution in [2.75, 3.05) is 0 Å². The lowest BCUT2D eigenvalue weighted by Crippen LogP contribution is -2.04. The maximum Gasteiger partial charge on any atom is 0.194 e. The predicted molar refractivity (Wildman–Crippen MR) is 77.4 cm³/mol. The van der Waals surface area contributed by atoms with Crippen LogP contribution in [0, 0.1) is 12.8 Å². The van der Waals surface area contributed by atoms with Crippen molar-refractivity contribution < 1.29 is 4.79 Å². The minimum Gasteiger partial charge on any atom is -0.289 e. The summed E-state index contributed by atoms with van der Waals surface area (Å²) in [7, 11) is 0. The Labute approximate surface area is 114 Å². The Morgan fingerprint density at radius 1 is 1.16 bits per heavy atom. The van der Waals surface area contributed by atoms with E-state index in [0.717, 1.165) is 17.5 Å². The van der Waals surface area contributed by atoms with Crippen LogP contribution in [0.25, 0.3) is 0 Å². The van der Waals surface area contributed by atoms with Gasteiger partial charge in [0.2, 0.25) is 0 Å². The van der Waals surface area contributed by atoms with E-state index < -0.39 is 0 Å². The van der Waals surface area contributed by atoms with Crippen molar-refractivity contribution in [3.63, 3.8) is 0 Å². The molecular weight excluding hydrogens is 234 g/mol. The van der Waals surface area contributed by atoms with Gasteiger partial charge in [0.05, 0.1) is 0 Å². The van der Waals surface area contributed by atoms with Crippen molar-refractivity contribution in [1.29, 1.82) is 0 Å². The highest BCUT2D eigenvalue weighted by atomic mass is 16.1. The molecular formula is C17H19NO. The fourth-order valence-electron chi connectivity index (χ4n) is 2.16. The maximum atomic E-state index is 12.4. The molecule has 0 bridgehead atoms. The van der Waals surface area contributed by atoms with E-state index in [1.165, 1.54) is 5.56 Å². The van der Waals surface area contributed by atoms with Gasteiger partial charge in [-0.05, 0) is 42.5 Å². The molecule has 0 fully saturated rings. The standard InChI is InChI=1S/C17H19NO/c1-12(2)7-14-5-4-6-15(9-14)17(19)16-8-13(3)10-18-11-16/h4-6,8-12H,7H2,1-3H3. The summed E-state index contributed by atoms with van der Waals surface area (Å²) < 4.78 is 0. The van der Waals surface area contributed by atoms with Gasteiger partial charge in [-0.3, -0.25) is 9.78 Å². The third-order valence-electron chi connectivity index (χ3n) is 2.97. The van der Waals surface area contributed by atoms with Gasteiger partial charge >= 0.3 is 0 Å². The molecule has 2 heteroatoms. The Bertz CT molecular complexity index is 587. The predicted octanol–water partition coefficient (Wildman–Crippen LogP) is 3.82. The number of aryl methyl sites for hydroxylation is 1. The molecule has 0 saturated heterocycles. The second-order valence-electron chi connectivity index (χ2n) is 5.38. The Morgan fingerprint density at radius 2 is 1.95 bits per heavy atom. The summed E-state index contributed by atoms with van der Waals surface area (Å²) in [6.07, 6.45) is 4.38. The fraction of sp³-hybridized carbons (Fsp3) is 0.294. The summed E-state index contributed by atoms with van der Waals surface area (Å²) in [5.74, 6) is 0.632. The maximum absolute atomic E-state index is 12.4. The highest BCUT2D eigenvalue weighted by molar-refractivity contribution is 6.08. The molecule has 0 N–H and O–H groups in total. The number of pyridine rings is 1. The number of rotatable bonds is 4. The smallest absolute Gasteiger partial charge is 0.194 e. The molecule has 0 amide bonds. The molecule has 1 heterocycles. The van der Waals surface area contributed by atoms with Crippen LogP contribution in [0.4, 0.5) is 0 Å². The molecule has 19 heavy (non-hydrogen) atoms. The average molecular weight is 253 g/mol. The summed E-state index contributed by atoms with van der Waals surface area (Å²) >= 11 is 0. The lowest BCUT2D eigenvalue weighted by Gasteiger charge is -2.07. The van der Waals surface area contributed by atoms with Crippen molar-refractivity contribution in [2.24, 2.45) is 5.92 Å². The summed E-state index contributed by atoms with van der Waals surface area (Å²) in [5.41, 5.74) is 3.61. The Balaban J connectivity index is 2.29. The van der Waals surface area contributed by atoms with Crippen LogP contribution in [0.15, 0.2) is 42.7 Å². The van der Waals surface area contributed by atoms with Crippen molar-refractivity contribution in [1.82, 2.24) is 4.98 Å². The second kappa shape index (κ2) is 5.79. The molecule has 98 valence electrons. The monoisotopic (exact) mass is 253 g/mol. The first kappa shape index (κ1) is 13.5. The largest absolute Gasteiger partial charge is 0.289 e. The number of aromatic nitrogens is 1. The third kappa shape index (κ3) is 3.50. The van der Waals surface area contributed by atoms with E-state index in [0.29, 0.717) is 11.5 Å². The molecule has 0 unspecified atom stereocenters. The molecule has 2 aromatic rings.